The maximum atomic E-state index is 10.5. The van der Waals surface area contributed by atoms with Crippen LogP contribution in [0.3, 0.4) is 0 Å². The standard InChI is InChI=1S/C12H18N2O/c1-9-4-5-10(8-14-9)12(15)6-2-3-11(13)7-12/h4-5,8,11,15H,2-3,6-7,13H2,1H3. The summed E-state index contributed by atoms with van der Waals surface area (Å²) in [6.07, 6.45) is 5.23. The molecule has 2 atom stereocenters. The molecular formula is C12H18N2O. The molecule has 0 spiro atoms. The van der Waals surface area contributed by atoms with Crippen molar-refractivity contribution in [2.24, 2.45) is 5.73 Å². The molecule has 0 radical (unpaired) electrons. The monoisotopic (exact) mass is 206 g/mol. The molecule has 1 heterocycles. The van der Waals surface area contributed by atoms with E-state index in [9.17, 15) is 5.11 Å². The van der Waals surface area contributed by atoms with Gasteiger partial charge in [-0.3, -0.25) is 4.98 Å². The number of rotatable bonds is 1. The lowest BCUT2D eigenvalue weighted by atomic mass is 9.78. The maximum Gasteiger partial charge on any atom is 0.0926 e. The fraction of sp³-hybridized carbons (Fsp3) is 0.583. The largest absolute Gasteiger partial charge is 0.385 e. The van der Waals surface area contributed by atoms with Crippen LogP contribution < -0.4 is 5.73 Å². The van der Waals surface area contributed by atoms with Gasteiger partial charge in [-0.2, -0.15) is 0 Å². The van der Waals surface area contributed by atoms with Crippen LogP contribution in [0.25, 0.3) is 0 Å². The van der Waals surface area contributed by atoms with Crippen molar-refractivity contribution < 1.29 is 5.11 Å². The number of hydrogen-bond acceptors (Lipinski definition) is 3. The van der Waals surface area contributed by atoms with E-state index in [-0.39, 0.29) is 6.04 Å². The van der Waals surface area contributed by atoms with Gasteiger partial charge in [0.25, 0.3) is 0 Å². The van der Waals surface area contributed by atoms with Crippen molar-refractivity contribution in [2.45, 2.75) is 44.2 Å². The molecule has 3 N–H and O–H groups in total. The van der Waals surface area contributed by atoms with Gasteiger partial charge in [0.15, 0.2) is 0 Å². The van der Waals surface area contributed by atoms with E-state index in [0.29, 0.717) is 6.42 Å². The molecule has 0 aliphatic heterocycles. The van der Waals surface area contributed by atoms with Crippen molar-refractivity contribution in [3.05, 3.63) is 29.6 Å². The second-order valence-corrected chi connectivity index (χ2v) is 4.58. The minimum atomic E-state index is -0.752. The SMILES string of the molecule is Cc1ccc(C2(O)CCCC(N)C2)cn1. The Morgan fingerprint density at radius 3 is 2.93 bits per heavy atom. The summed E-state index contributed by atoms with van der Waals surface area (Å²) >= 11 is 0. The molecule has 0 saturated heterocycles. The van der Waals surface area contributed by atoms with Crippen LogP contribution in [0.15, 0.2) is 18.3 Å². The Hall–Kier alpha value is -0.930. The van der Waals surface area contributed by atoms with Crippen molar-refractivity contribution >= 4 is 0 Å². The highest BCUT2D eigenvalue weighted by Crippen LogP contribution is 2.36. The molecule has 3 heteroatoms. The number of aromatic nitrogens is 1. The van der Waals surface area contributed by atoms with E-state index in [1.165, 1.54) is 0 Å². The lowest BCUT2D eigenvalue weighted by Gasteiger charge is -2.35. The molecule has 0 aromatic carbocycles. The van der Waals surface area contributed by atoms with E-state index in [4.69, 9.17) is 5.73 Å². The van der Waals surface area contributed by atoms with Crippen LogP contribution >= 0.6 is 0 Å². The van der Waals surface area contributed by atoms with Crippen LogP contribution in [-0.2, 0) is 5.60 Å². The molecule has 1 saturated carbocycles. The van der Waals surface area contributed by atoms with Crippen molar-refractivity contribution in [1.82, 2.24) is 4.98 Å². The Kier molecular flexibility index (Phi) is 2.76. The third-order valence-corrected chi connectivity index (χ3v) is 3.21. The van der Waals surface area contributed by atoms with Gasteiger partial charge >= 0.3 is 0 Å². The minimum Gasteiger partial charge on any atom is -0.385 e. The summed E-state index contributed by atoms with van der Waals surface area (Å²) in [5.41, 5.74) is 7.03. The Bertz CT molecular complexity index is 336. The zero-order valence-electron chi connectivity index (χ0n) is 9.11. The second kappa shape index (κ2) is 3.91. The zero-order chi connectivity index (χ0) is 10.9. The number of nitrogens with zero attached hydrogens (tertiary/aromatic N) is 1. The molecule has 0 amide bonds. The maximum absolute atomic E-state index is 10.5. The first-order valence-corrected chi connectivity index (χ1v) is 5.51. The molecular weight excluding hydrogens is 188 g/mol. The average Bonchev–Trinajstić information content (AvgIpc) is 2.18. The predicted molar refractivity (Wildman–Crippen MR) is 59.3 cm³/mol. The van der Waals surface area contributed by atoms with Gasteiger partial charge in [0.05, 0.1) is 5.60 Å². The molecule has 1 fully saturated rings. The summed E-state index contributed by atoms with van der Waals surface area (Å²) in [5.74, 6) is 0. The third kappa shape index (κ3) is 2.19. The van der Waals surface area contributed by atoms with E-state index < -0.39 is 5.60 Å². The summed E-state index contributed by atoms with van der Waals surface area (Å²) in [4.78, 5) is 4.22. The molecule has 0 bridgehead atoms. The van der Waals surface area contributed by atoms with Gasteiger partial charge in [0.1, 0.15) is 0 Å². The van der Waals surface area contributed by atoms with E-state index >= 15 is 0 Å². The fourth-order valence-corrected chi connectivity index (χ4v) is 2.30. The van der Waals surface area contributed by atoms with Crippen LogP contribution in [-0.4, -0.2) is 16.1 Å². The van der Waals surface area contributed by atoms with Crippen LogP contribution in [0.2, 0.25) is 0 Å². The van der Waals surface area contributed by atoms with Crippen LogP contribution in [0, 0.1) is 6.92 Å². The number of aliphatic hydroxyl groups is 1. The zero-order valence-corrected chi connectivity index (χ0v) is 9.11. The number of hydrogen-bond donors (Lipinski definition) is 2. The van der Waals surface area contributed by atoms with E-state index in [2.05, 4.69) is 4.98 Å². The molecule has 82 valence electrons. The quantitative estimate of drug-likeness (QED) is 0.731. The number of pyridine rings is 1. The molecule has 1 aromatic heterocycles. The summed E-state index contributed by atoms with van der Waals surface area (Å²) in [5, 5.41) is 10.5. The van der Waals surface area contributed by atoms with Crippen molar-refractivity contribution in [2.75, 3.05) is 0 Å². The second-order valence-electron chi connectivity index (χ2n) is 4.58. The first kappa shape index (κ1) is 10.6. The topological polar surface area (TPSA) is 59.1 Å². The van der Waals surface area contributed by atoms with Gasteiger partial charge in [-0.1, -0.05) is 6.07 Å². The molecule has 1 aliphatic rings. The predicted octanol–water partition coefficient (Wildman–Crippen LogP) is 1.48. The third-order valence-electron chi connectivity index (χ3n) is 3.21. The van der Waals surface area contributed by atoms with Crippen LogP contribution in [0.4, 0.5) is 0 Å². The fourth-order valence-electron chi connectivity index (χ4n) is 2.30. The van der Waals surface area contributed by atoms with Crippen molar-refractivity contribution in [1.29, 1.82) is 0 Å². The van der Waals surface area contributed by atoms with E-state index in [1.807, 2.05) is 19.1 Å². The normalized spacial score (nSPS) is 31.5. The van der Waals surface area contributed by atoms with Crippen molar-refractivity contribution in [3.63, 3.8) is 0 Å². The van der Waals surface area contributed by atoms with Gasteiger partial charge in [0, 0.05) is 23.5 Å². The average molecular weight is 206 g/mol. The minimum absolute atomic E-state index is 0.116. The first-order chi connectivity index (χ1) is 7.10. The van der Waals surface area contributed by atoms with Crippen molar-refractivity contribution in [3.8, 4) is 0 Å². The van der Waals surface area contributed by atoms with E-state index in [0.717, 1.165) is 30.5 Å². The van der Waals surface area contributed by atoms with Gasteiger partial charge in [-0.05, 0) is 38.7 Å². The number of aryl methyl sites for hydroxylation is 1. The molecule has 3 nitrogen and oxygen atoms in total. The molecule has 2 unspecified atom stereocenters. The van der Waals surface area contributed by atoms with E-state index in [1.54, 1.807) is 6.20 Å². The highest BCUT2D eigenvalue weighted by Gasteiger charge is 2.34. The lowest BCUT2D eigenvalue weighted by Crippen LogP contribution is -2.39. The lowest BCUT2D eigenvalue weighted by molar-refractivity contribution is -0.00746. The van der Waals surface area contributed by atoms with Crippen LogP contribution in [0.5, 0.6) is 0 Å². The van der Waals surface area contributed by atoms with Gasteiger partial charge in [0.2, 0.25) is 0 Å². The Balaban J connectivity index is 2.24. The Morgan fingerprint density at radius 1 is 1.53 bits per heavy atom. The molecule has 15 heavy (non-hydrogen) atoms. The number of nitrogens with two attached hydrogens (primary N) is 1. The summed E-state index contributed by atoms with van der Waals surface area (Å²) in [6.45, 7) is 1.94. The summed E-state index contributed by atoms with van der Waals surface area (Å²) in [6, 6.07) is 4.01. The first-order valence-electron chi connectivity index (χ1n) is 5.51. The van der Waals surface area contributed by atoms with Crippen LogP contribution in [0.1, 0.15) is 36.9 Å². The smallest absolute Gasteiger partial charge is 0.0926 e. The Labute approximate surface area is 90.3 Å². The summed E-state index contributed by atoms with van der Waals surface area (Å²) in [7, 11) is 0. The highest BCUT2D eigenvalue weighted by molar-refractivity contribution is 5.21. The van der Waals surface area contributed by atoms with Gasteiger partial charge < -0.3 is 10.8 Å². The summed E-state index contributed by atoms with van der Waals surface area (Å²) < 4.78 is 0. The van der Waals surface area contributed by atoms with Gasteiger partial charge in [-0.25, -0.2) is 0 Å². The molecule has 1 aliphatic carbocycles. The van der Waals surface area contributed by atoms with Gasteiger partial charge in [-0.15, -0.1) is 0 Å². The highest BCUT2D eigenvalue weighted by atomic mass is 16.3. The Morgan fingerprint density at radius 2 is 2.33 bits per heavy atom. The molecule has 2 rings (SSSR count). The molecule has 1 aromatic rings.